The number of cyclic esters (lactones) is 1. The minimum absolute atomic E-state index is 0.243. The van der Waals surface area contributed by atoms with E-state index in [2.05, 4.69) is 6.58 Å². The number of ether oxygens (including phenoxy) is 1. The van der Waals surface area contributed by atoms with Crippen LogP contribution in [0.3, 0.4) is 0 Å². The number of carbonyl (C=O) groups is 1. The average Bonchev–Trinajstić information content (AvgIpc) is 2.80. The lowest BCUT2D eigenvalue weighted by atomic mass is 9.93. The van der Waals surface area contributed by atoms with E-state index in [0.29, 0.717) is 12.2 Å². The molecule has 1 aliphatic heterocycles. The monoisotopic (exact) mass is 236 g/mol. The molecule has 0 atom stereocenters. The molecular weight excluding hydrogens is 224 g/mol. The minimum atomic E-state index is -0.243. The van der Waals surface area contributed by atoms with Crippen molar-refractivity contribution in [1.29, 1.82) is 0 Å². The molecule has 0 saturated heterocycles. The van der Waals surface area contributed by atoms with E-state index in [9.17, 15) is 4.79 Å². The highest BCUT2D eigenvalue weighted by Crippen LogP contribution is 2.33. The molecule has 3 rings (SSSR count). The molecule has 1 heterocycles. The first-order chi connectivity index (χ1) is 8.81. The molecule has 2 aromatic carbocycles. The van der Waals surface area contributed by atoms with E-state index in [1.807, 2.05) is 42.5 Å². The summed E-state index contributed by atoms with van der Waals surface area (Å²) >= 11 is 0. The van der Waals surface area contributed by atoms with Crippen LogP contribution in [-0.2, 0) is 11.3 Å². The Bertz CT molecular complexity index is 627. The molecule has 0 spiro atoms. The number of hydrogen-bond donors (Lipinski definition) is 0. The highest BCUT2D eigenvalue weighted by molar-refractivity contribution is 5.96. The van der Waals surface area contributed by atoms with Crippen LogP contribution in [0.4, 0.5) is 0 Å². The molecule has 0 bridgehead atoms. The maximum atomic E-state index is 11.5. The molecule has 0 fully saturated rings. The van der Waals surface area contributed by atoms with E-state index >= 15 is 0 Å². The van der Waals surface area contributed by atoms with E-state index in [4.69, 9.17) is 4.74 Å². The maximum absolute atomic E-state index is 11.5. The van der Waals surface area contributed by atoms with Gasteiger partial charge in [0.05, 0.1) is 5.56 Å². The zero-order chi connectivity index (χ0) is 12.5. The zero-order valence-electron chi connectivity index (χ0n) is 9.85. The summed E-state index contributed by atoms with van der Waals surface area (Å²) < 4.78 is 5.07. The van der Waals surface area contributed by atoms with Crippen LogP contribution in [0.5, 0.6) is 0 Å². The molecule has 1 aliphatic rings. The Kier molecular flexibility index (Phi) is 2.49. The SMILES string of the molecule is C=Cc1c(-c2ccccc2)ccc2c1COC2=O. The summed E-state index contributed by atoms with van der Waals surface area (Å²) in [6.07, 6.45) is 1.79. The fraction of sp³-hybridized carbons (Fsp3) is 0.0625. The molecule has 0 aromatic heterocycles. The first-order valence-corrected chi connectivity index (χ1v) is 5.82. The van der Waals surface area contributed by atoms with Crippen molar-refractivity contribution in [2.24, 2.45) is 0 Å². The topological polar surface area (TPSA) is 26.3 Å². The third kappa shape index (κ3) is 1.54. The average molecular weight is 236 g/mol. The molecule has 2 heteroatoms. The highest BCUT2D eigenvalue weighted by atomic mass is 16.5. The first-order valence-electron chi connectivity index (χ1n) is 5.82. The van der Waals surface area contributed by atoms with Gasteiger partial charge >= 0.3 is 5.97 Å². The lowest BCUT2D eigenvalue weighted by molar-refractivity contribution is 0.0535. The predicted octanol–water partition coefficient (Wildman–Crippen LogP) is 3.67. The van der Waals surface area contributed by atoms with Gasteiger partial charge < -0.3 is 4.74 Å². The molecule has 18 heavy (non-hydrogen) atoms. The molecule has 0 unspecified atom stereocenters. The van der Waals surface area contributed by atoms with E-state index in [1.165, 1.54) is 0 Å². The van der Waals surface area contributed by atoms with Crippen molar-refractivity contribution in [2.75, 3.05) is 0 Å². The van der Waals surface area contributed by atoms with Gasteiger partial charge in [-0.25, -0.2) is 4.79 Å². The van der Waals surface area contributed by atoms with Gasteiger partial charge in [0, 0.05) is 5.56 Å². The summed E-state index contributed by atoms with van der Waals surface area (Å²) in [4.78, 5) is 11.5. The smallest absolute Gasteiger partial charge is 0.338 e. The van der Waals surface area contributed by atoms with Crippen LogP contribution >= 0.6 is 0 Å². The number of esters is 1. The van der Waals surface area contributed by atoms with Gasteiger partial charge in [-0.05, 0) is 22.8 Å². The summed E-state index contributed by atoms with van der Waals surface area (Å²) in [5.41, 5.74) is 4.79. The van der Waals surface area contributed by atoms with Crippen molar-refractivity contribution in [3.05, 3.63) is 65.7 Å². The quantitative estimate of drug-likeness (QED) is 0.744. The van der Waals surface area contributed by atoms with Gasteiger partial charge in [0.25, 0.3) is 0 Å². The Morgan fingerprint density at radius 1 is 1.06 bits per heavy atom. The van der Waals surface area contributed by atoms with Crippen LogP contribution in [0.1, 0.15) is 21.5 Å². The Hall–Kier alpha value is -2.35. The van der Waals surface area contributed by atoms with Crippen molar-refractivity contribution < 1.29 is 9.53 Å². The molecule has 0 saturated carbocycles. The summed E-state index contributed by atoms with van der Waals surface area (Å²) in [6, 6.07) is 13.9. The van der Waals surface area contributed by atoms with Gasteiger partial charge in [-0.1, -0.05) is 49.1 Å². The van der Waals surface area contributed by atoms with E-state index in [0.717, 1.165) is 22.3 Å². The summed E-state index contributed by atoms with van der Waals surface area (Å²) in [6.45, 7) is 4.20. The van der Waals surface area contributed by atoms with Crippen molar-refractivity contribution in [3.63, 3.8) is 0 Å². The van der Waals surface area contributed by atoms with Gasteiger partial charge in [0.2, 0.25) is 0 Å². The fourth-order valence-corrected chi connectivity index (χ4v) is 2.33. The van der Waals surface area contributed by atoms with Crippen LogP contribution < -0.4 is 0 Å². The van der Waals surface area contributed by atoms with Crippen LogP contribution in [0, 0.1) is 0 Å². The fourth-order valence-electron chi connectivity index (χ4n) is 2.33. The van der Waals surface area contributed by atoms with Crippen LogP contribution in [0.2, 0.25) is 0 Å². The minimum Gasteiger partial charge on any atom is -0.457 e. The second-order valence-electron chi connectivity index (χ2n) is 4.20. The van der Waals surface area contributed by atoms with E-state index in [-0.39, 0.29) is 5.97 Å². The molecule has 2 nitrogen and oxygen atoms in total. The number of rotatable bonds is 2. The number of fused-ring (bicyclic) bond motifs is 1. The predicted molar refractivity (Wildman–Crippen MR) is 71.1 cm³/mol. The van der Waals surface area contributed by atoms with Gasteiger partial charge in [-0.2, -0.15) is 0 Å². The number of benzene rings is 2. The van der Waals surface area contributed by atoms with Crippen LogP contribution in [-0.4, -0.2) is 5.97 Å². The van der Waals surface area contributed by atoms with Gasteiger partial charge in [-0.3, -0.25) is 0 Å². The molecule has 0 amide bonds. The molecular formula is C16H12O2. The Morgan fingerprint density at radius 3 is 2.50 bits per heavy atom. The van der Waals surface area contributed by atoms with Crippen LogP contribution in [0.25, 0.3) is 17.2 Å². The van der Waals surface area contributed by atoms with Crippen molar-refractivity contribution in [2.45, 2.75) is 6.61 Å². The summed E-state index contributed by atoms with van der Waals surface area (Å²) in [7, 11) is 0. The first kappa shape index (κ1) is 10.8. The molecule has 88 valence electrons. The standard InChI is InChI=1S/C16H12O2/c1-2-12-13(11-6-4-3-5-7-11)8-9-14-15(12)10-18-16(14)17/h2-9H,1,10H2. The van der Waals surface area contributed by atoms with E-state index in [1.54, 1.807) is 6.08 Å². The molecule has 0 radical (unpaired) electrons. The van der Waals surface area contributed by atoms with Crippen LogP contribution in [0.15, 0.2) is 49.0 Å². The Labute approximate surface area is 106 Å². The molecule has 0 N–H and O–H groups in total. The summed E-state index contributed by atoms with van der Waals surface area (Å²) in [5.74, 6) is -0.243. The lowest BCUT2D eigenvalue weighted by Gasteiger charge is -2.09. The van der Waals surface area contributed by atoms with Gasteiger partial charge in [0.1, 0.15) is 6.61 Å². The van der Waals surface area contributed by atoms with E-state index < -0.39 is 0 Å². The lowest BCUT2D eigenvalue weighted by Crippen LogP contribution is -1.95. The Morgan fingerprint density at radius 2 is 1.78 bits per heavy atom. The molecule has 2 aromatic rings. The van der Waals surface area contributed by atoms with Gasteiger partial charge in [0.15, 0.2) is 0 Å². The largest absolute Gasteiger partial charge is 0.457 e. The van der Waals surface area contributed by atoms with Crippen molar-refractivity contribution >= 4 is 12.0 Å². The second-order valence-corrected chi connectivity index (χ2v) is 4.20. The third-order valence-corrected chi connectivity index (χ3v) is 3.21. The second kappa shape index (κ2) is 4.15. The number of hydrogen-bond acceptors (Lipinski definition) is 2. The highest BCUT2D eigenvalue weighted by Gasteiger charge is 2.24. The zero-order valence-corrected chi connectivity index (χ0v) is 9.85. The van der Waals surface area contributed by atoms with Gasteiger partial charge in [-0.15, -0.1) is 0 Å². The maximum Gasteiger partial charge on any atom is 0.338 e. The number of carbonyl (C=O) groups excluding carboxylic acids is 1. The Balaban J connectivity index is 2.24. The normalized spacial score (nSPS) is 13.0. The summed E-state index contributed by atoms with van der Waals surface area (Å²) in [5, 5.41) is 0. The van der Waals surface area contributed by atoms with Crippen molar-refractivity contribution in [1.82, 2.24) is 0 Å². The van der Waals surface area contributed by atoms with Crippen molar-refractivity contribution in [3.8, 4) is 11.1 Å². The third-order valence-electron chi connectivity index (χ3n) is 3.21. The molecule has 0 aliphatic carbocycles.